The maximum Gasteiger partial charge on any atom is 0.387 e. The van der Waals surface area contributed by atoms with Crippen molar-refractivity contribution in [2.45, 2.75) is 89.6 Å². The Bertz CT molecular complexity index is 1210. The number of aliphatic hydroxyl groups is 1. The van der Waals surface area contributed by atoms with Gasteiger partial charge in [0, 0.05) is 25.4 Å². The lowest BCUT2D eigenvalue weighted by Gasteiger charge is -2.35. The van der Waals surface area contributed by atoms with Gasteiger partial charge in [-0.1, -0.05) is 20.3 Å². The number of amides is 1. The topological polar surface area (TPSA) is 123 Å². The van der Waals surface area contributed by atoms with Crippen LogP contribution in [0.5, 0.6) is 5.75 Å². The molecule has 0 aliphatic heterocycles. The summed E-state index contributed by atoms with van der Waals surface area (Å²) in [5.41, 5.74) is 0.0451. The molecule has 0 atom stereocenters. The molecular formula is C25H36F2N4O5S. The Morgan fingerprint density at radius 2 is 2.00 bits per heavy atom. The highest BCUT2D eigenvalue weighted by Gasteiger charge is 2.37. The summed E-state index contributed by atoms with van der Waals surface area (Å²) in [6, 6.07) is 1.55. The molecule has 0 saturated heterocycles. The summed E-state index contributed by atoms with van der Waals surface area (Å²) in [4.78, 5) is 21.9. The smallest absolute Gasteiger partial charge is 0.387 e. The Labute approximate surface area is 216 Å². The third-order valence-corrected chi connectivity index (χ3v) is 8.57. The van der Waals surface area contributed by atoms with E-state index in [0.717, 1.165) is 18.4 Å². The van der Waals surface area contributed by atoms with Crippen molar-refractivity contribution in [1.82, 2.24) is 19.9 Å². The Morgan fingerprint density at radius 1 is 1.32 bits per heavy atom. The van der Waals surface area contributed by atoms with Crippen LogP contribution in [0.3, 0.4) is 0 Å². The number of unbranched alkanes of at least 4 members (excludes halogenated alkanes) is 1. The Hall–Kier alpha value is -2.60. The van der Waals surface area contributed by atoms with Crippen LogP contribution in [0.2, 0.25) is 0 Å². The molecule has 0 unspecified atom stereocenters. The lowest BCUT2D eigenvalue weighted by Crippen LogP contribution is -2.47. The van der Waals surface area contributed by atoms with Crippen LogP contribution in [-0.2, 0) is 22.7 Å². The summed E-state index contributed by atoms with van der Waals surface area (Å²) < 4.78 is 56.4. The molecule has 1 saturated carbocycles. The second-order valence-electron chi connectivity index (χ2n) is 9.73. The monoisotopic (exact) mass is 542 g/mol. The molecule has 2 N–H and O–H groups in total. The van der Waals surface area contributed by atoms with E-state index < -0.39 is 33.2 Å². The predicted molar refractivity (Wildman–Crippen MR) is 135 cm³/mol. The molecule has 0 bridgehead atoms. The number of aromatic nitrogens is 3. The van der Waals surface area contributed by atoms with Gasteiger partial charge in [-0.05, 0) is 57.1 Å². The molecule has 2 aromatic rings. The number of ether oxygens (including phenoxy) is 1. The third kappa shape index (κ3) is 7.04. The third-order valence-electron chi connectivity index (χ3n) is 6.89. The number of carbonyl (C=O) groups is 1. The van der Waals surface area contributed by atoms with Crippen molar-refractivity contribution >= 4 is 15.7 Å². The Kier molecular flexibility index (Phi) is 9.27. The number of alkyl halides is 2. The van der Waals surface area contributed by atoms with Crippen LogP contribution in [0.1, 0.15) is 79.9 Å². The van der Waals surface area contributed by atoms with Crippen molar-refractivity contribution in [1.29, 1.82) is 0 Å². The molecule has 1 aliphatic carbocycles. The lowest BCUT2D eigenvalue weighted by molar-refractivity contribution is -0.0501. The lowest BCUT2D eigenvalue weighted by atomic mass is 9.84. The number of nitrogens with one attached hydrogen (secondary N) is 1. The zero-order valence-electron chi connectivity index (χ0n) is 21.8. The van der Waals surface area contributed by atoms with Crippen LogP contribution in [-0.4, -0.2) is 64.2 Å². The molecule has 1 aliphatic rings. The second kappa shape index (κ2) is 11.8. The van der Waals surface area contributed by atoms with E-state index in [-0.39, 0.29) is 36.6 Å². The molecule has 2 heterocycles. The maximum absolute atomic E-state index is 13.2. The van der Waals surface area contributed by atoms with Gasteiger partial charge >= 0.3 is 6.61 Å². The molecule has 2 aromatic heterocycles. The molecule has 3 rings (SSSR count). The van der Waals surface area contributed by atoms with Gasteiger partial charge in [-0.2, -0.15) is 8.78 Å². The molecule has 0 spiro atoms. The van der Waals surface area contributed by atoms with Crippen LogP contribution >= 0.6 is 0 Å². The van der Waals surface area contributed by atoms with Crippen LogP contribution in [0.25, 0.3) is 5.82 Å². The molecule has 0 radical (unpaired) electrons. The van der Waals surface area contributed by atoms with Crippen molar-refractivity contribution in [2.75, 3.05) is 12.8 Å². The van der Waals surface area contributed by atoms with E-state index in [4.69, 9.17) is 4.74 Å². The van der Waals surface area contributed by atoms with Crippen LogP contribution in [0.4, 0.5) is 8.78 Å². The molecule has 9 nitrogen and oxygen atoms in total. The van der Waals surface area contributed by atoms with Gasteiger partial charge in [0.2, 0.25) is 0 Å². The van der Waals surface area contributed by atoms with Gasteiger partial charge in [-0.15, -0.1) is 0 Å². The zero-order valence-corrected chi connectivity index (χ0v) is 22.6. The highest BCUT2D eigenvalue weighted by Crippen LogP contribution is 2.32. The fraction of sp³-hybridized carbons (Fsp3) is 0.640. The van der Waals surface area contributed by atoms with Crippen molar-refractivity contribution in [3.63, 3.8) is 0 Å². The number of halogens is 2. The van der Waals surface area contributed by atoms with Gasteiger partial charge in [0.1, 0.15) is 21.4 Å². The molecule has 206 valence electrons. The summed E-state index contributed by atoms with van der Waals surface area (Å²) >= 11 is 0. The molecule has 37 heavy (non-hydrogen) atoms. The average molecular weight is 543 g/mol. The number of hydrogen-bond donors (Lipinski definition) is 2. The SMILES string of the molecule is CCCCc1cnc(-n2c(CC)nc(C(=O)NCC3(O)CCC(S(C)(=O)=O)CC3)c2C)c(OC(F)F)c1. The summed E-state index contributed by atoms with van der Waals surface area (Å²) in [6.07, 6.45) is 6.86. The quantitative estimate of drug-likeness (QED) is 0.445. The molecule has 1 amide bonds. The highest BCUT2D eigenvalue weighted by atomic mass is 32.2. The van der Waals surface area contributed by atoms with E-state index in [9.17, 15) is 27.1 Å². The van der Waals surface area contributed by atoms with E-state index in [1.807, 2.05) is 13.8 Å². The molecule has 0 aromatic carbocycles. The van der Waals surface area contributed by atoms with Crippen molar-refractivity contribution in [3.8, 4) is 11.6 Å². The summed E-state index contributed by atoms with van der Waals surface area (Å²) in [6.45, 7) is 2.40. The fourth-order valence-corrected chi connectivity index (χ4v) is 5.79. The van der Waals surface area contributed by atoms with Crippen molar-refractivity contribution in [3.05, 3.63) is 35.0 Å². The van der Waals surface area contributed by atoms with Crippen LogP contribution < -0.4 is 10.1 Å². The van der Waals surface area contributed by atoms with Gasteiger partial charge in [-0.25, -0.2) is 18.4 Å². The minimum Gasteiger partial charge on any atom is -0.431 e. The number of pyridine rings is 1. The Balaban J connectivity index is 1.83. The first kappa shape index (κ1) is 29.0. The first-order valence-electron chi connectivity index (χ1n) is 12.6. The summed E-state index contributed by atoms with van der Waals surface area (Å²) in [5, 5.41) is 13.1. The van der Waals surface area contributed by atoms with E-state index in [1.54, 1.807) is 23.8 Å². The highest BCUT2D eigenvalue weighted by molar-refractivity contribution is 7.91. The van der Waals surface area contributed by atoms with Gasteiger partial charge in [0.25, 0.3) is 5.91 Å². The standard InChI is InChI=1S/C25H36F2N4O5S/c1-5-7-8-17-13-19(36-24(26)27)22(28-14-17)31-16(3)21(30-20(31)6-2)23(32)29-15-25(33)11-9-18(10-12-25)37(4,34)35/h13-14,18,24,33H,5-12,15H2,1-4H3,(H,29,32). The maximum atomic E-state index is 13.2. The summed E-state index contributed by atoms with van der Waals surface area (Å²) in [5.74, 6) is -0.0506. The molecular weight excluding hydrogens is 506 g/mol. The Morgan fingerprint density at radius 3 is 2.57 bits per heavy atom. The minimum atomic E-state index is -3.18. The van der Waals surface area contributed by atoms with E-state index in [1.165, 1.54) is 6.26 Å². The zero-order chi connectivity index (χ0) is 27.4. The molecule has 1 fully saturated rings. The van der Waals surface area contributed by atoms with Gasteiger partial charge < -0.3 is 15.2 Å². The number of nitrogens with zero attached hydrogens (tertiary/aromatic N) is 3. The number of imidazole rings is 1. The number of hydrogen-bond acceptors (Lipinski definition) is 7. The van der Waals surface area contributed by atoms with Gasteiger partial charge in [-0.3, -0.25) is 9.36 Å². The second-order valence-corrected chi connectivity index (χ2v) is 12.1. The van der Waals surface area contributed by atoms with Crippen molar-refractivity contribution in [2.24, 2.45) is 0 Å². The minimum absolute atomic E-state index is 0.0554. The van der Waals surface area contributed by atoms with E-state index >= 15 is 0 Å². The fourth-order valence-electron chi connectivity index (χ4n) is 4.70. The van der Waals surface area contributed by atoms with Crippen LogP contribution in [0.15, 0.2) is 12.3 Å². The number of carbonyl (C=O) groups excluding carboxylic acids is 1. The predicted octanol–water partition coefficient (Wildman–Crippen LogP) is 3.53. The first-order chi connectivity index (χ1) is 17.4. The summed E-state index contributed by atoms with van der Waals surface area (Å²) in [7, 11) is -3.18. The largest absolute Gasteiger partial charge is 0.431 e. The van der Waals surface area contributed by atoms with E-state index in [2.05, 4.69) is 15.3 Å². The number of aryl methyl sites for hydroxylation is 2. The normalized spacial score (nSPS) is 20.3. The first-order valence-corrected chi connectivity index (χ1v) is 14.6. The van der Waals surface area contributed by atoms with Gasteiger partial charge in [0.15, 0.2) is 11.6 Å². The van der Waals surface area contributed by atoms with Crippen LogP contribution in [0, 0.1) is 6.92 Å². The average Bonchev–Trinajstić information content (AvgIpc) is 3.17. The van der Waals surface area contributed by atoms with Gasteiger partial charge in [0.05, 0.1) is 16.5 Å². The number of sulfone groups is 1. The van der Waals surface area contributed by atoms with Crippen molar-refractivity contribution < 1.29 is 31.8 Å². The van der Waals surface area contributed by atoms with E-state index in [0.29, 0.717) is 37.2 Å². The molecule has 12 heteroatoms. The number of rotatable bonds is 11.